The zero-order valence-corrected chi connectivity index (χ0v) is 13.9. The molecule has 0 aliphatic rings. The Morgan fingerprint density at radius 2 is 1.62 bits per heavy atom. The maximum Gasteiger partial charge on any atom is 0.338 e. The van der Waals surface area contributed by atoms with Crippen LogP contribution in [0, 0.1) is 0 Å². The van der Waals surface area contributed by atoms with Crippen LogP contribution in [0.1, 0.15) is 28.4 Å². The van der Waals surface area contributed by atoms with Crippen LogP contribution < -0.4 is 0 Å². The summed E-state index contributed by atoms with van der Waals surface area (Å²) < 4.78 is 7.84. The number of benzene rings is 2. The van der Waals surface area contributed by atoms with Gasteiger partial charge in [0.05, 0.1) is 5.56 Å². The second kappa shape index (κ2) is 7.84. The molecule has 3 nitrogen and oxygen atoms in total. The number of hydrogen-bond acceptors (Lipinski definition) is 2. The van der Waals surface area contributed by atoms with Crippen LogP contribution in [-0.2, 0) is 11.3 Å². The molecule has 4 heteroatoms. The number of esters is 1. The molecular weight excluding hydrogens is 322 g/mol. The summed E-state index contributed by atoms with van der Waals surface area (Å²) in [6, 6.07) is 20.5. The fraction of sp³-hybridized carbons (Fsp3) is 0.150. The summed E-state index contributed by atoms with van der Waals surface area (Å²) in [5.74, 6) is -0.340. The molecular formula is C20H18ClNO2. The molecule has 0 spiro atoms. The maximum atomic E-state index is 12.4. The van der Waals surface area contributed by atoms with Gasteiger partial charge >= 0.3 is 5.97 Å². The number of aromatic nitrogens is 1. The summed E-state index contributed by atoms with van der Waals surface area (Å²) >= 11 is 5.87. The monoisotopic (exact) mass is 339 g/mol. The fourth-order valence-electron chi connectivity index (χ4n) is 2.53. The topological polar surface area (TPSA) is 31.2 Å². The second-order valence-corrected chi connectivity index (χ2v) is 5.96. The highest BCUT2D eigenvalue weighted by molar-refractivity contribution is 6.30. The van der Waals surface area contributed by atoms with E-state index in [-0.39, 0.29) is 12.1 Å². The molecule has 0 fully saturated rings. The maximum absolute atomic E-state index is 12.4. The van der Waals surface area contributed by atoms with E-state index in [1.807, 2.05) is 54.9 Å². The Kier molecular flexibility index (Phi) is 5.34. The molecule has 3 rings (SSSR count). The summed E-state index contributed by atoms with van der Waals surface area (Å²) in [7, 11) is 0. The quantitative estimate of drug-likeness (QED) is 0.583. The normalized spacial score (nSPS) is 11.9. The van der Waals surface area contributed by atoms with Gasteiger partial charge in [-0.1, -0.05) is 41.9 Å². The van der Waals surface area contributed by atoms with E-state index < -0.39 is 0 Å². The highest BCUT2D eigenvalue weighted by Crippen LogP contribution is 2.24. The Morgan fingerprint density at radius 1 is 0.958 bits per heavy atom. The molecule has 1 heterocycles. The van der Waals surface area contributed by atoms with Gasteiger partial charge in [-0.05, 0) is 42.0 Å². The minimum absolute atomic E-state index is 0.295. The molecule has 1 unspecified atom stereocenters. The molecule has 0 N–H and O–H groups in total. The summed E-state index contributed by atoms with van der Waals surface area (Å²) in [4.78, 5) is 12.4. The highest BCUT2D eigenvalue weighted by atomic mass is 35.5. The summed E-state index contributed by atoms with van der Waals surface area (Å²) in [5, 5.41) is 0.596. The Morgan fingerprint density at radius 3 is 2.29 bits per heavy atom. The number of hydrogen-bond donors (Lipinski definition) is 0. The number of nitrogens with zero attached hydrogens (tertiary/aromatic N) is 1. The first-order chi connectivity index (χ1) is 11.7. The minimum Gasteiger partial charge on any atom is -0.454 e. The number of halogens is 1. The Balaban J connectivity index is 1.74. The summed E-state index contributed by atoms with van der Waals surface area (Å²) in [6.45, 7) is 0.778. The molecule has 0 bridgehead atoms. The number of aryl methyl sites for hydroxylation is 1. The van der Waals surface area contributed by atoms with Crippen LogP contribution in [0.25, 0.3) is 0 Å². The largest absolute Gasteiger partial charge is 0.454 e. The molecule has 0 amide bonds. The lowest BCUT2D eigenvalue weighted by Gasteiger charge is -2.19. The van der Waals surface area contributed by atoms with Crippen LogP contribution in [-0.4, -0.2) is 10.5 Å². The van der Waals surface area contributed by atoms with Crippen LogP contribution in [0.2, 0.25) is 5.02 Å². The van der Waals surface area contributed by atoms with E-state index in [4.69, 9.17) is 16.3 Å². The van der Waals surface area contributed by atoms with Crippen molar-refractivity contribution in [3.8, 4) is 0 Å². The third-order valence-electron chi connectivity index (χ3n) is 3.82. The average molecular weight is 340 g/mol. The first-order valence-electron chi connectivity index (χ1n) is 7.84. The van der Waals surface area contributed by atoms with Crippen molar-refractivity contribution in [2.24, 2.45) is 0 Å². The van der Waals surface area contributed by atoms with Crippen molar-refractivity contribution in [2.75, 3.05) is 0 Å². The fourth-order valence-corrected chi connectivity index (χ4v) is 2.66. The van der Waals surface area contributed by atoms with Crippen molar-refractivity contribution in [1.82, 2.24) is 4.57 Å². The molecule has 0 aliphatic carbocycles. The summed E-state index contributed by atoms with van der Waals surface area (Å²) in [6.07, 6.45) is 4.42. The van der Waals surface area contributed by atoms with E-state index in [0.717, 1.165) is 12.1 Å². The predicted octanol–water partition coefficient (Wildman–Crippen LogP) is 5.13. The Hall–Kier alpha value is -2.52. The molecule has 1 atom stereocenters. The van der Waals surface area contributed by atoms with E-state index in [2.05, 4.69) is 4.57 Å². The smallest absolute Gasteiger partial charge is 0.338 e. The highest BCUT2D eigenvalue weighted by Gasteiger charge is 2.18. The van der Waals surface area contributed by atoms with E-state index >= 15 is 0 Å². The third kappa shape index (κ3) is 4.27. The van der Waals surface area contributed by atoms with Gasteiger partial charge in [-0.15, -0.1) is 0 Å². The molecule has 0 saturated carbocycles. The molecule has 0 aliphatic heterocycles. The lowest BCUT2D eigenvalue weighted by molar-refractivity contribution is 0.0266. The predicted molar refractivity (Wildman–Crippen MR) is 95.1 cm³/mol. The van der Waals surface area contributed by atoms with E-state index in [9.17, 15) is 4.79 Å². The zero-order valence-electron chi connectivity index (χ0n) is 13.1. The van der Waals surface area contributed by atoms with Crippen molar-refractivity contribution in [3.05, 3.63) is 95.3 Å². The number of carbonyl (C=O) groups is 1. The van der Waals surface area contributed by atoms with Crippen molar-refractivity contribution in [2.45, 2.75) is 19.1 Å². The van der Waals surface area contributed by atoms with Crippen molar-refractivity contribution in [3.63, 3.8) is 0 Å². The number of ether oxygens (including phenoxy) is 1. The van der Waals surface area contributed by atoms with E-state index in [1.54, 1.807) is 24.3 Å². The molecule has 0 radical (unpaired) electrons. The number of rotatable bonds is 6. The van der Waals surface area contributed by atoms with E-state index in [0.29, 0.717) is 17.0 Å². The average Bonchev–Trinajstić information content (AvgIpc) is 3.13. The lowest BCUT2D eigenvalue weighted by atomic mass is 10.1. The van der Waals surface area contributed by atoms with Crippen molar-refractivity contribution < 1.29 is 9.53 Å². The first kappa shape index (κ1) is 16.3. The summed E-state index contributed by atoms with van der Waals surface area (Å²) in [5.41, 5.74) is 1.49. The standard InChI is InChI=1S/C20H18ClNO2/c21-18-10-8-17(9-11-18)20(23)24-19(16-6-2-1-3-7-16)12-15-22-13-4-5-14-22/h1-11,13-14,19H,12,15H2. The van der Waals surface area contributed by atoms with Gasteiger partial charge < -0.3 is 9.30 Å². The van der Waals surface area contributed by atoms with Crippen LogP contribution in [0.15, 0.2) is 79.1 Å². The van der Waals surface area contributed by atoms with Gasteiger partial charge in [-0.25, -0.2) is 4.79 Å². The van der Waals surface area contributed by atoms with Gasteiger partial charge in [0.15, 0.2) is 0 Å². The van der Waals surface area contributed by atoms with Gasteiger partial charge in [-0.2, -0.15) is 0 Å². The molecule has 24 heavy (non-hydrogen) atoms. The van der Waals surface area contributed by atoms with Gasteiger partial charge in [-0.3, -0.25) is 0 Å². The van der Waals surface area contributed by atoms with Crippen molar-refractivity contribution >= 4 is 17.6 Å². The second-order valence-electron chi connectivity index (χ2n) is 5.52. The van der Waals surface area contributed by atoms with Gasteiger partial charge in [0.25, 0.3) is 0 Å². The van der Waals surface area contributed by atoms with Crippen LogP contribution in [0.5, 0.6) is 0 Å². The van der Waals surface area contributed by atoms with Gasteiger partial charge in [0.2, 0.25) is 0 Å². The van der Waals surface area contributed by atoms with E-state index in [1.165, 1.54) is 0 Å². The lowest BCUT2D eigenvalue weighted by Crippen LogP contribution is -2.14. The Labute approximate surface area is 146 Å². The van der Waals surface area contributed by atoms with Crippen LogP contribution >= 0.6 is 11.6 Å². The van der Waals surface area contributed by atoms with Crippen LogP contribution in [0.4, 0.5) is 0 Å². The number of carbonyl (C=O) groups excluding carboxylic acids is 1. The van der Waals surface area contributed by atoms with Crippen molar-refractivity contribution in [1.29, 1.82) is 0 Å². The molecule has 2 aromatic carbocycles. The van der Waals surface area contributed by atoms with Gasteiger partial charge in [0.1, 0.15) is 6.10 Å². The third-order valence-corrected chi connectivity index (χ3v) is 4.07. The SMILES string of the molecule is O=C(OC(CCn1cccc1)c1ccccc1)c1ccc(Cl)cc1. The van der Waals surface area contributed by atoms with Crippen LogP contribution in [0.3, 0.4) is 0 Å². The Bertz CT molecular complexity index is 767. The molecule has 122 valence electrons. The zero-order chi connectivity index (χ0) is 16.8. The molecule has 0 saturated heterocycles. The van der Waals surface area contributed by atoms with Gasteiger partial charge in [0, 0.05) is 30.4 Å². The first-order valence-corrected chi connectivity index (χ1v) is 8.22. The minimum atomic E-state index is -0.340. The molecule has 3 aromatic rings. The molecule has 1 aromatic heterocycles.